The van der Waals surface area contributed by atoms with E-state index in [9.17, 15) is 24.3 Å². The molecule has 0 aromatic carbocycles. The number of hydrogen-bond donors (Lipinski definition) is 6. The van der Waals surface area contributed by atoms with E-state index in [1.807, 2.05) is 13.8 Å². The van der Waals surface area contributed by atoms with E-state index in [1.165, 1.54) is 0 Å². The van der Waals surface area contributed by atoms with Gasteiger partial charge in [-0.1, -0.05) is 27.7 Å². The fraction of sp³-hybridized carbons (Fsp3) is 0.783. The van der Waals surface area contributed by atoms with E-state index in [0.29, 0.717) is 25.7 Å². The molecule has 0 aromatic heterocycles. The highest BCUT2D eigenvalue weighted by molar-refractivity contribution is 5.92. The molecule has 0 aliphatic heterocycles. The second-order valence-electron chi connectivity index (χ2n) is 10.2. The maximum atomic E-state index is 13.1. The first-order chi connectivity index (χ1) is 16.1. The Morgan fingerprint density at radius 3 is 2.09 bits per heavy atom. The molecule has 12 heteroatoms. The van der Waals surface area contributed by atoms with Crippen molar-refractivity contribution in [3.05, 3.63) is 0 Å². The molecule has 0 spiro atoms. The van der Waals surface area contributed by atoms with Crippen LogP contribution in [0.3, 0.4) is 0 Å². The molecular weight excluding hydrogens is 456 g/mol. The number of guanidine groups is 1. The fourth-order valence-electron chi connectivity index (χ4n) is 3.07. The number of nitrogens with one attached hydrogen (secondary N) is 3. The van der Waals surface area contributed by atoms with Crippen molar-refractivity contribution in [1.82, 2.24) is 16.0 Å². The van der Waals surface area contributed by atoms with Crippen molar-refractivity contribution in [3.8, 4) is 0 Å². The average molecular weight is 501 g/mol. The molecule has 12 nitrogen and oxygen atoms in total. The number of aliphatic hydroxyl groups excluding tert-OH is 1. The van der Waals surface area contributed by atoms with Crippen LogP contribution in [0.15, 0.2) is 4.99 Å². The first-order valence-electron chi connectivity index (χ1n) is 11.9. The third kappa shape index (κ3) is 14.2. The van der Waals surface area contributed by atoms with Gasteiger partial charge in [0.25, 0.3) is 0 Å². The van der Waals surface area contributed by atoms with Gasteiger partial charge in [0, 0.05) is 6.54 Å². The highest BCUT2D eigenvalue weighted by atomic mass is 16.6. The summed E-state index contributed by atoms with van der Waals surface area (Å²) < 4.78 is 5.21. The smallest absolute Gasteiger partial charge is 0.408 e. The van der Waals surface area contributed by atoms with E-state index in [2.05, 4.69) is 20.9 Å². The summed E-state index contributed by atoms with van der Waals surface area (Å²) >= 11 is 0. The predicted octanol–water partition coefficient (Wildman–Crippen LogP) is 0.165. The zero-order chi connectivity index (χ0) is 27.3. The number of amides is 3. The lowest BCUT2D eigenvalue weighted by molar-refractivity contribution is -0.133. The molecule has 8 N–H and O–H groups in total. The molecule has 0 fully saturated rings. The van der Waals surface area contributed by atoms with Crippen molar-refractivity contribution in [2.75, 3.05) is 6.54 Å². The maximum Gasteiger partial charge on any atom is 0.408 e. The molecule has 0 unspecified atom stereocenters. The largest absolute Gasteiger partial charge is 0.444 e. The Hall–Kier alpha value is -2.89. The van der Waals surface area contributed by atoms with E-state index in [-0.39, 0.29) is 24.2 Å². The van der Waals surface area contributed by atoms with Gasteiger partial charge in [0.1, 0.15) is 24.0 Å². The van der Waals surface area contributed by atoms with Gasteiger partial charge in [0.15, 0.2) is 5.96 Å². The molecule has 35 heavy (non-hydrogen) atoms. The van der Waals surface area contributed by atoms with Gasteiger partial charge >= 0.3 is 6.09 Å². The standard InChI is InChI=1S/C23H44N6O6/c1-13(2)11-16(19(32)27-15(12-30)9-8-10-26-21(24)25)28-20(33)17(18(31)14(3)4)29-22(34)35-23(5,6)7/h12-18,31H,8-11H2,1-7H3,(H,27,32)(H,28,33)(H,29,34)(H4,24,25,26)/t15-,16+,17+,18-/m1/s1. The van der Waals surface area contributed by atoms with Crippen molar-refractivity contribution in [3.63, 3.8) is 0 Å². The fourth-order valence-corrected chi connectivity index (χ4v) is 3.07. The van der Waals surface area contributed by atoms with Gasteiger partial charge in [-0.3, -0.25) is 14.6 Å². The molecule has 0 radical (unpaired) electrons. The van der Waals surface area contributed by atoms with Crippen LogP contribution in [0.2, 0.25) is 0 Å². The van der Waals surface area contributed by atoms with E-state index in [4.69, 9.17) is 16.2 Å². The van der Waals surface area contributed by atoms with E-state index in [1.54, 1.807) is 34.6 Å². The molecule has 0 bridgehead atoms. The van der Waals surface area contributed by atoms with Crippen LogP contribution >= 0.6 is 0 Å². The number of aliphatic imine (C=N–C) groups is 1. The highest BCUT2D eigenvalue weighted by Crippen LogP contribution is 2.12. The van der Waals surface area contributed by atoms with Gasteiger partial charge in [-0.25, -0.2) is 4.79 Å². The molecule has 0 heterocycles. The topological polar surface area (TPSA) is 198 Å². The highest BCUT2D eigenvalue weighted by Gasteiger charge is 2.35. The van der Waals surface area contributed by atoms with Gasteiger partial charge in [0.05, 0.1) is 12.1 Å². The normalized spacial score (nSPS) is 14.9. The van der Waals surface area contributed by atoms with E-state index < -0.39 is 47.7 Å². The van der Waals surface area contributed by atoms with Crippen LogP contribution in [0.4, 0.5) is 4.79 Å². The summed E-state index contributed by atoms with van der Waals surface area (Å²) in [4.78, 5) is 53.6. The number of aliphatic hydroxyl groups is 1. The van der Waals surface area contributed by atoms with Crippen LogP contribution < -0.4 is 27.4 Å². The first kappa shape index (κ1) is 32.1. The number of hydrogen-bond acceptors (Lipinski definition) is 7. The van der Waals surface area contributed by atoms with Gasteiger partial charge in [-0.2, -0.15) is 0 Å². The zero-order valence-corrected chi connectivity index (χ0v) is 22.0. The Bertz CT molecular complexity index is 731. The van der Waals surface area contributed by atoms with Crippen LogP contribution in [0.1, 0.15) is 67.7 Å². The number of nitrogens with zero attached hydrogens (tertiary/aromatic N) is 1. The van der Waals surface area contributed by atoms with Gasteiger partial charge < -0.3 is 42.1 Å². The zero-order valence-electron chi connectivity index (χ0n) is 22.0. The number of carbonyl (C=O) groups is 4. The molecule has 0 aromatic rings. The van der Waals surface area contributed by atoms with Crippen LogP contribution in [0.25, 0.3) is 0 Å². The molecule has 0 saturated carbocycles. The number of ether oxygens (including phenoxy) is 1. The lowest BCUT2D eigenvalue weighted by Crippen LogP contribution is -2.59. The minimum atomic E-state index is -1.35. The van der Waals surface area contributed by atoms with Gasteiger partial charge in [-0.05, 0) is 51.9 Å². The second kappa shape index (κ2) is 15.2. The lowest BCUT2D eigenvalue weighted by Gasteiger charge is -2.29. The van der Waals surface area contributed by atoms with Crippen molar-refractivity contribution >= 4 is 30.2 Å². The average Bonchev–Trinajstić information content (AvgIpc) is 2.70. The van der Waals surface area contributed by atoms with Crippen molar-refractivity contribution in [2.45, 2.75) is 97.6 Å². The molecular formula is C23H44N6O6. The minimum Gasteiger partial charge on any atom is -0.444 e. The predicted molar refractivity (Wildman–Crippen MR) is 133 cm³/mol. The summed E-state index contributed by atoms with van der Waals surface area (Å²) in [5.41, 5.74) is 9.74. The molecule has 4 atom stereocenters. The maximum absolute atomic E-state index is 13.1. The van der Waals surface area contributed by atoms with Crippen LogP contribution in [0.5, 0.6) is 0 Å². The number of carbonyl (C=O) groups excluding carboxylic acids is 4. The summed E-state index contributed by atoms with van der Waals surface area (Å²) in [6.45, 7) is 12.4. The number of nitrogens with two attached hydrogens (primary N) is 2. The molecule has 0 rings (SSSR count). The SMILES string of the molecule is CC(C)C[C@H](NC(=O)[C@@H](NC(=O)OC(C)(C)C)[C@H](O)C(C)C)C(=O)N[C@@H](C=O)CCCN=C(N)N. The summed E-state index contributed by atoms with van der Waals surface area (Å²) in [6, 6.07) is -3.14. The molecule has 3 amide bonds. The Kier molecular flexibility index (Phi) is 13.9. The quantitative estimate of drug-likeness (QED) is 0.0838. The van der Waals surface area contributed by atoms with Crippen LogP contribution in [-0.4, -0.2) is 71.6 Å². The Balaban J connectivity index is 5.47. The number of aldehydes is 1. The van der Waals surface area contributed by atoms with E-state index >= 15 is 0 Å². The molecule has 0 aliphatic rings. The van der Waals surface area contributed by atoms with Crippen LogP contribution in [-0.2, 0) is 19.1 Å². The Morgan fingerprint density at radius 2 is 1.63 bits per heavy atom. The number of alkyl carbamates (subject to hydrolysis) is 1. The van der Waals surface area contributed by atoms with Gasteiger partial charge in [-0.15, -0.1) is 0 Å². The van der Waals surface area contributed by atoms with Crippen molar-refractivity contribution < 1.29 is 29.0 Å². The first-order valence-corrected chi connectivity index (χ1v) is 11.9. The lowest BCUT2D eigenvalue weighted by atomic mass is 9.97. The van der Waals surface area contributed by atoms with Crippen LogP contribution in [0, 0.1) is 11.8 Å². The van der Waals surface area contributed by atoms with E-state index in [0.717, 1.165) is 0 Å². The number of rotatable bonds is 14. The summed E-state index contributed by atoms with van der Waals surface area (Å²) in [5.74, 6) is -1.71. The molecule has 0 saturated heterocycles. The molecule has 202 valence electrons. The Morgan fingerprint density at radius 1 is 1.03 bits per heavy atom. The minimum absolute atomic E-state index is 0.0230. The third-order valence-electron chi connectivity index (χ3n) is 4.78. The third-order valence-corrected chi connectivity index (χ3v) is 4.78. The summed E-state index contributed by atoms with van der Waals surface area (Å²) in [7, 11) is 0. The summed E-state index contributed by atoms with van der Waals surface area (Å²) in [6.07, 6.45) is -0.452. The summed E-state index contributed by atoms with van der Waals surface area (Å²) in [5, 5.41) is 18.2. The monoisotopic (exact) mass is 500 g/mol. The van der Waals surface area contributed by atoms with Gasteiger partial charge in [0.2, 0.25) is 11.8 Å². The van der Waals surface area contributed by atoms with Crippen molar-refractivity contribution in [1.29, 1.82) is 0 Å². The second-order valence-corrected chi connectivity index (χ2v) is 10.2. The van der Waals surface area contributed by atoms with Crippen molar-refractivity contribution in [2.24, 2.45) is 28.3 Å². The molecule has 0 aliphatic carbocycles. The Labute approximate surface area is 208 Å².